The zero-order valence-corrected chi connectivity index (χ0v) is 12.4. The summed E-state index contributed by atoms with van der Waals surface area (Å²) in [4.78, 5) is 4.44. The van der Waals surface area contributed by atoms with Gasteiger partial charge in [0, 0.05) is 0 Å². The molecule has 0 saturated carbocycles. The summed E-state index contributed by atoms with van der Waals surface area (Å²) < 4.78 is 168. The molecule has 2 aromatic rings. The standard InChI is InChI=1S/C13HF13N2/c14-6-4(7(15)9(17)5(8(6)16)12(21,22)23)2-1-3(11(18,19)20)28-10(27-2)13(24,25)26/h1H. The van der Waals surface area contributed by atoms with Gasteiger partial charge >= 0.3 is 18.5 Å². The predicted octanol–water partition coefficient (Wildman–Crippen LogP) is 5.76. The Balaban J connectivity index is 2.93. The Morgan fingerprint density at radius 1 is 0.571 bits per heavy atom. The molecule has 0 atom stereocenters. The Kier molecular flexibility index (Phi) is 5.02. The van der Waals surface area contributed by atoms with Gasteiger partial charge in [-0.3, -0.25) is 0 Å². The van der Waals surface area contributed by atoms with Crippen LogP contribution in [0.1, 0.15) is 17.1 Å². The highest BCUT2D eigenvalue weighted by atomic mass is 19.4. The van der Waals surface area contributed by atoms with Crippen LogP contribution in [0, 0.1) is 23.3 Å². The van der Waals surface area contributed by atoms with E-state index in [-0.39, 0.29) is 0 Å². The molecule has 0 bridgehead atoms. The molecule has 154 valence electrons. The molecule has 0 fully saturated rings. The fourth-order valence-electron chi connectivity index (χ4n) is 1.95. The van der Waals surface area contributed by atoms with Crippen molar-refractivity contribution in [1.29, 1.82) is 0 Å². The van der Waals surface area contributed by atoms with E-state index in [4.69, 9.17) is 0 Å². The lowest BCUT2D eigenvalue weighted by Crippen LogP contribution is -2.19. The highest BCUT2D eigenvalue weighted by Gasteiger charge is 2.44. The number of aromatic nitrogens is 2. The summed E-state index contributed by atoms with van der Waals surface area (Å²) in [7, 11) is 0. The van der Waals surface area contributed by atoms with Crippen LogP contribution in [0.4, 0.5) is 57.1 Å². The average Bonchev–Trinajstić information content (AvgIpc) is 2.50. The Labute approximate surface area is 144 Å². The molecule has 15 heteroatoms. The van der Waals surface area contributed by atoms with E-state index in [1.54, 1.807) is 0 Å². The molecule has 0 aliphatic rings. The van der Waals surface area contributed by atoms with Gasteiger partial charge in [-0.2, -0.15) is 39.5 Å². The lowest BCUT2D eigenvalue weighted by Gasteiger charge is -2.16. The van der Waals surface area contributed by atoms with Gasteiger partial charge in [0.05, 0.1) is 11.3 Å². The van der Waals surface area contributed by atoms with E-state index in [1.807, 2.05) is 0 Å². The van der Waals surface area contributed by atoms with Crippen molar-refractivity contribution in [2.45, 2.75) is 18.5 Å². The molecule has 28 heavy (non-hydrogen) atoms. The summed E-state index contributed by atoms with van der Waals surface area (Å²) in [6.07, 6.45) is -17.3. The van der Waals surface area contributed by atoms with Crippen molar-refractivity contribution in [2.75, 3.05) is 0 Å². The third-order valence-corrected chi connectivity index (χ3v) is 3.07. The third kappa shape index (κ3) is 3.82. The van der Waals surface area contributed by atoms with Crippen molar-refractivity contribution in [3.8, 4) is 11.3 Å². The maximum atomic E-state index is 13.9. The Morgan fingerprint density at radius 3 is 1.39 bits per heavy atom. The van der Waals surface area contributed by atoms with Crippen molar-refractivity contribution in [1.82, 2.24) is 9.97 Å². The minimum atomic E-state index is -5.96. The second kappa shape index (κ2) is 6.48. The van der Waals surface area contributed by atoms with Crippen LogP contribution < -0.4 is 0 Å². The van der Waals surface area contributed by atoms with Crippen molar-refractivity contribution >= 4 is 0 Å². The Bertz CT molecular complexity index is 863. The van der Waals surface area contributed by atoms with Crippen molar-refractivity contribution in [3.63, 3.8) is 0 Å². The van der Waals surface area contributed by atoms with Crippen LogP contribution >= 0.6 is 0 Å². The van der Waals surface area contributed by atoms with E-state index in [9.17, 15) is 57.1 Å². The van der Waals surface area contributed by atoms with Crippen LogP contribution in [-0.2, 0) is 18.5 Å². The molecule has 0 aliphatic carbocycles. The minimum Gasteiger partial charge on any atom is -0.224 e. The Hall–Kier alpha value is -2.61. The number of halogens is 13. The van der Waals surface area contributed by atoms with Gasteiger partial charge in [0.15, 0.2) is 23.3 Å². The Morgan fingerprint density at radius 2 is 1.04 bits per heavy atom. The number of hydrogen-bond donors (Lipinski definition) is 0. The van der Waals surface area contributed by atoms with E-state index >= 15 is 0 Å². The number of benzene rings is 1. The normalized spacial score (nSPS) is 13.2. The van der Waals surface area contributed by atoms with E-state index in [2.05, 4.69) is 9.97 Å². The molecule has 0 unspecified atom stereocenters. The summed E-state index contributed by atoms with van der Waals surface area (Å²) in [5, 5.41) is 0. The average molecular weight is 432 g/mol. The van der Waals surface area contributed by atoms with Crippen LogP contribution in [0.2, 0.25) is 0 Å². The van der Waals surface area contributed by atoms with Gasteiger partial charge in [-0.25, -0.2) is 27.5 Å². The van der Waals surface area contributed by atoms with Crippen molar-refractivity contribution < 1.29 is 57.1 Å². The number of rotatable bonds is 1. The first-order valence-electron chi connectivity index (χ1n) is 6.43. The summed E-state index contributed by atoms with van der Waals surface area (Å²) in [6.45, 7) is 0. The largest absolute Gasteiger partial charge is 0.451 e. The fraction of sp³-hybridized carbons (Fsp3) is 0.231. The summed E-state index contributed by atoms with van der Waals surface area (Å²) in [5.41, 5.74) is -9.76. The van der Waals surface area contributed by atoms with E-state index < -0.39 is 76.2 Å². The van der Waals surface area contributed by atoms with Gasteiger partial charge in [0.2, 0.25) is 5.82 Å². The monoisotopic (exact) mass is 432 g/mol. The van der Waals surface area contributed by atoms with Gasteiger partial charge < -0.3 is 0 Å². The van der Waals surface area contributed by atoms with Crippen molar-refractivity contribution in [3.05, 3.63) is 46.4 Å². The van der Waals surface area contributed by atoms with E-state index in [1.165, 1.54) is 0 Å². The third-order valence-electron chi connectivity index (χ3n) is 3.07. The lowest BCUT2D eigenvalue weighted by atomic mass is 10.0. The molecular formula is C13HF13N2. The predicted molar refractivity (Wildman–Crippen MR) is 62.3 cm³/mol. The van der Waals surface area contributed by atoms with Gasteiger partial charge in [-0.1, -0.05) is 0 Å². The number of hydrogen-bond acceptors (Lipinski definition) is 2. The lowest BCUT2D eigenvalue weighted by molar-refractivity contribution is -0.152. The molecule has 1 heterocycles. The SMILES string of the molecule is Fc1c(F)c(C(F)(F)F)c(F)c(F)c1-c1cc(C(F)(F)F)nc(C(F)(F)F)n1. The molecule has 2 rings (SSSR count). The zero-order valence-electron chi connectivity index (χ0n) is 12.4. The molecule has 0 saturated heterocycles. The van der Waals surface area contributed by atoms with Crippen LogP contribution in [0.5, 0.6) is 0 Å². The first-order chi connectivity index (χ1) is 12.5. The van der Waals surface area contributed by atoms with Crippen LogP contribution in [0.25, 0.3) is 11.3 Å². The minimum absolute atomic E-state index is 0.511. The van der Waals surface area contributed by atoms with Crippen LogP contribution in [-0.4, -0.2) is 9.97 Å². The fourth-order valence-corrected chi connectivity index (χ4v) is 1.95. The second-order valence-corrected chi connectivity index (χ2v) is 4.96. The summed E-state index contributed by atoms with van der Waals surface area (Å²) in [5.74, 6) is -14.6. The maximum Gasteiger partial charge on any atom is 0.451 e. The van der Waals surface area contributed by atoms with Gasteiger partial charge in [0.1, 0.15) is 11.3 Å². The summed E-state index contributed by atoms with van der Waals surface area (Å²) in [6, 6.07) is -0.511. The van der Waals surface area contributed by atoms with E-state index in [0.29, 0.717) is 0 Å². The highest BCUT2D eigenvalue weighted by Crippen LogP contribution is 2.41. The number of nitrogens with zero attached hydrogens (tertiary/aromatic N) is 2. The van der Waals surface area contributed by atoms with Gasteiger partial charge in [-0.15, -0.1) is 0 Å². The molecular weight excluding hydrogens is 431 g/mol. The molecule has 2 nitrogen and oxygen atoms in total. The maximum absolute atomic E-state index is 13.9. The first-order valence-corrected chi connectivity index (χ1v) is 6.43. The van der Waals surface area contributed by atoms with Gasteiger partial charge in [0.25, 0.3) is 0 Å². The quantitative estimate of drug-likeness (QED) is 0.424. The molecule has 0 spiro atoms. The molecule has 0 N–H and O–H groups in total. The highest BCUT2D eigenvalue weighted by molar-refractivity contribution is 5.63. The first kappa shape index (κ1) is 21.7. The molecule has 0 aliphatic heterocycles. The molecule has 1 aromatic carbocycles. The topological polar surface area (TPSA) is 25.8 Å². The smallest absolute Gasteiger partial charge is 0.224 e. The van der Waals surface area contributed by atoms with Crippen LogP contribution in [0.3, 0.4) is 0 Å². The summed E-state index contributed by atoms with van der Waals surface area (Å²) >= 11 is 0. The molecule has 1 aromatic heterocycles. The van der Waals surface area contributed by atoms with Crippen LogP contribution in [0.15, 0.2) is 6.07 Å². The molecule has 0 radical (unpaired) electrons. The van der Waals surface area contributed by atoms with E-state index in [0.717, 1.165) is 0 Å². The zero-order chi connectivity index (χ0) is 21.8. The van der Waals surface area contributed by atoms with Crippen molar-refractivity contribution in [2.24, 2.45) is 0 Å². The molecule has 0 amide bonds. The van der Waals surface area contributed by atoms with Gasteiger partial charge in [-0.05, 0) is 6.07 Å². The number of alkyl halides is 9. The second-order valence-electron chi connectivity index (χ2n) is 4.96.